The first-order valence-electron chi connectivity index (χ1n) is 9.41. The van der Waals surface area contributed by atoms with Gasteiger partial charge < -0.3 is 9.05 Å². The standard InChI is InChI=1S/C21H28NO5PS/c1-5-26-28(23,27-6-2)19(4)16-22(17-20-10-8-7-9-11-20)29(24,25)21-14-12-18(3)13-15-21/h7-15H,4-6,16-17H2,1-3H3. The normalized spacial score (nSPS) is 12.3. The summed E-state index contributed by atoms with van der Waals surface area (Å²) in [6.45, 7) is 9.39. The van der Waals surface area contributed by atoms with E-state index >= 15 is 0 Å². The Bertz CT molecular complexity index is 948. The molecule has 2 aromatic carbocycles. The van der Waals surface area contributed by atoms with Crippen LogP contribution in [0.1, 0.15) is 25.0 Å². The van der Waals surface area contributed by atoms with Gasteiger partial charge in [-0.15, -0.1) is 0 Å². The molecule has 0 saturated carbocycles. The van der Waals surface area contributed by atoms with Gasteiger partial charge in [0, 0.05) is 18.4 Å². The predicted molar refractivity (Wildman–Crippen MR) is 115 cm³/mol. The third-order valence-corrected chi connectivity index (χ3v) is 8.12. The monoisotopic (exact) mass is 437 g/mol. The van der Waals surface area contributed by atoms with Gasteiger partial charge in [-0.25, -0.2) is 8.42 Å². The molecule has 0 heterocycles. The summed E-state index contributed by atoms with van der Waals surface area (Å²) in [6.07, 6.45) is 0. The van der Waals surface area contributed by atoms with Crippen LogP contribution in [0, 0.1) is 6.92 Å². The van der Waals surface area contributed by atoms with Crippen molar-refractivity contribution in [3.05, 3.63) is 77.6 Å². The Morgan fingerprint density at radius 1 is 1.00 bits per heavy atom. The number of hydrogen-bond acceptors (Lipinski definition) is 5. The zero-order valence-corrected chi connectivity index (χ0v) is 18.8. The first-order chi connectivity index (χ1) is 13.7. The Morgan fingerprint density at radius 2 is 1.55 bits per heavy atom. The fourth-order valence-corrected chi connectivity index (χ4v) is 5.70. The topological polar surface area (TPSA) is 72.9 Å². The molecule has 0 saturated heterocycles. The van der Waals surface area contributed by atoms with Crippen molar-refractivity contribution in [2.75, 3.05) is 19.8 Å². The maximum absolute atomic E-state index is 13.3. The molecule has 158 valence electrons. The molecule has 0 fully saturated rings. The summed E-state index contributed by atoms with van der Waals surface area (Å²) in [5, 5.41) is 0.104. The fraction of sp³-hybridized carbons (Fsp3) is 0.333. The average molecular weight is 437 g/mol. The minimum absolute atomic E-state index is 0.104. The highest BCUT2D eigenvalue weighted by Crippen LogP contribution is 2.55. The van der Waals surface area contributed by atoms with Gasteiger partial charge in [0.25, 0.3) is 0 Å². The number of aryl methyl sites for hydroxylation is 1. The first-order valence-corrected chi connectivity index (χ1v) is 12.4. The lowest BCUT2D eigenvalue weighted by atomic mass is 10.2. The predicted octanol–water partition coefficient (Wildman–Crippen LogP) is 4.97. The summed E-state index contributed by atoms with van der Waals surface area (Å²) in [5.74, 6) is 0. The number of hydrogen-bond donors (Lipinski definition) is 0. The van der Waals surface area contributed by atoms with Gasteiger partial charge in [0.1, 0.15) is 0 Å². The van der Waals surface area contributed by atoms with Crippen LogP contribution in [0.5, 0.6) is 0 Å². The highest BCUT2D eigenvalue weighted by molar-refractivity contribution is 7.89. The molecule has 0 aromatic heterocycles. The number of rotatable bonds is 11. The van der Waals surface area contributed by atoms with E-state index in [4.69, 9.17) is 9.05 Å². The Hall–Kier alpha value is -1.76. The van der Waals surface area contributed by atoms with Crippen LogP contribution in [0.2, 0.25) is 0 Å². The van der Waals surface area contributed by atoms with Crippen LogP contribution in [0.3, 0.4) is 0 Å². The molecule has 8 heteroatoms. The molecular weight excluding hydrogens is 409 g/mol. The van der Waals surface area contributed by atoms with Gasteiger partial charge in [0.15, 0.2) is 0 Å². The first kappa shape index (κ1) is 23.5. The van der Waals surface area contributed by atoms with Crippen LogP contribution >= 0.6 is 7.60 Å². The molecule has 0 aliphatic carbocycles. The number of sulfonamides is 1. The molecular formula is C21H28NO5PS. The van der Waals surface area contributed by atoms with Crippen molar-refractivity contribution in [1.29, 1.82) is 0 Å². The van der Waals surface area contributed by atoms with Crippen LogP contribution in [0.4, 0.5) is 0 Å². The van der Waals surface area contributed by atoms with Crippen molar-refractivity contribution in [1.82, 2.24) is 4.31 Å². The third kappa shape index (κ3) is 6.11. The van der Waals surface area contributed by atoms with E-state index in [1.165, 1.54) is 4.31 Å². The minimum Gasteiger partial charge on any atom is -0.306 e. The van der Waals surface area contributed by atoms with Gasteiger partial charge >= 0.3 is 7.60 Å². The second-order valence-electron chi connectivity index (χ2n) is 6.47. The van der Waals surface area contributed by atoms with Gasteiger partial charge in [0.2, 0.25) is 10.0 Å². The van der Waals surface area contributed by atoms with E-state index in [9.17, 15) is 13.0 Å². The molecule has 29 heavy (non-hydrogen) atoms. The molecule has 0 aliphatic rings. The molecule has 0 amide bonds. The van der Waals surface area contributed by atoms with Gasteiger partial charge in [0.05, 0.1) is 18.1 Å². The van der Waals surface area contributed by atoms with Crippen molar-refractivity contribution >= 4 is 17.6 Å². The Morgan fingerprint density at radius 3 is 2.07 bits per heavy atom. The molecule has 6 nitrogen and oxygen atoms in total. The van der Waals surface area contributed by atoms with E-state index in [0.29, 0.717) is 0 Å². The van der Waals surface area contributed by atoms with E-state index in [-0.39, 0.29) is 36.5 Å². The lowest BCUT2D eigenvalue weighted by Crippen LogP contribution is -2.32. The molecule has 0 aliphatic heterocycles. The van der Waals surface area contributed by atoms with Crippen LogP contribution in [0.25, 0.3) is 0 Å². The van der Waals surface area contributed by atoms with E-state index < -0.39 is 17.6 Å². The van der Waals surface area contributed by atoms with Gasteiger partial charge in [-0.2, -0.15) is 4.31 Å². The maximum Gasteiger partial charge on any atom is 0.358 e. The van der Waals surface area contributed by atoms with Crippen LogP contribution in [-0.4, -0.2) is 32.5 Å². The van der Waals surface area contributed by atoms with Crippen LogP contribution in [-0.2, 0) is 30.2 Å². The summed E-state index contributed by atoms with van der Waals surface area (Å²) in [6, 6.07) is 15.8. The summed E-state index contributed by atoms with van der Waals surface area (Å²) in [5.41, 5.74) is 1.76. The highest BCUT2D eigenvalue weighted by atomic mass is 32.2. The van der Waals surface area contributed by atoms with E-state index in [1.807, 2.05) is 37.3 Å². The number of nitrogens with zero attached hydrogens (tertiary/aromatic N) is 1. The van der Waals surface area contributed by atoms with Gasteiger partial charge in [-0.3, -0.25) is 4.57 Å². The van der Waals surface area contributed by atoms with Crippen molar-refractivity contribution in [3.8, 4) is 0 Å². The van der Waals surface area contributed by atoms with E-state index in [2.05, 4.69) is 6.58 Å². The molecule has 0 spiro atoms. The maximum atomic E-state index is 13.3. The second kappa shape index (κ2) is 10.3. The molecule has 0 radical (unpaired) electrons. The van der Waals surface area contributed by atoms with E-state index in [0.717, 1.165) is 11.1 Å². The Balaban J connectivity index is 2.40. The third-order valence-electron chi connectivity index (χ3n) is 4.20. The summed E-state index contributed by atoms with van der Waals surface area (Å²) < 4.78 is 51.6. The molecule has 2 aromatic rings. The number of benzene rings is 2. The van der Waals surface area contributed by atoms with Gasteiger partial charge in [-0.05, 0) is 38.5 Å². The lowest BCUT2D eigenvalue weighted by molar-refractivity contribution is 0.224. The second-order valence-corrected chi connectivity index (χ2v) is 10.6. The van der Waals surface area contributed by atoms with Crippen molar-refractivity contribution < 1.29 is 22.0 Å². The largest absolute Gasteiger partial charge is 0.358 e. The smallest absolute Gasteiger partial charge is 0.306 e. The minimum atomic E-state index is -3.86. The zero-order valence-electron chi connectivity index (χ0n) is 17.1. The van der Waals surface area contributed by atoms with E-state index in [1.54, 1.807) is 38.1 Å². The van der Waals surface area contributed by atoms with Crippen LogP contribution < -0.4 is 0 Å². The molecule has 0 bridgehead atoms. The van der Waals surface area contributed by atoms with Crippen LogP contribution in [0.15, 0.2) is 71.4 Å². The fourth-order valence-electron chi connectivity index (χ4n) is 2.72. The average Bonchev–Trinajstić information content (AvgIpc) is 2.69. The molecule has 0 atom stereocenters. The highest BCUT2D eigenvalue weighted by Gasteiger charge is 2.33. The Labute approximate surface area is 173 Å². The summed E-state index contributed by atoms with van der Waals surface area (Å²) >= 11 is 0. The zero-order chi connectivity index (χ0) is 21.5. The SMILES string of the molecule is C=C(CN(Cc1ccccc1)S(=O)(=O)c1ccc(C)cc1)P(=O)(OCC)OCC. The van der Waals surface area contributed by atoms with Crippen molar-refractivity contribution in [2.24, 2.45) is 0 Å². The quantitative estimate of drug-likeness (QED) is 0.464. The summed E-state index contributed by atoms with van der Waals surface area (Å²) in [7, 11) is -7.50. The molecule has 2 rings (SSSR count). The lowest BCUT2D eigenvalue weighted by Gasteiger charge is -2.26. The molecule has 0 unspecified atom stereocenters. The molecule has 0 N–H and O–H groups in total. The van der Waals surface area contributed by atoms with Crippen molar-refractivity contribution in [2.45, 2.75) is 32.2 Å². The van der Waals surface area contributed by atoms with Crippen molar-refractivity contribution in [3.63, 3.8) is 0 Å². The van der Waals surface area contributed by atoms with Gasteiger partial charge in [-0.1, -0.05) is 54.6 Å². The Kier molecular flexibility index (Phi) is 8.37. The summed E-state index contributed by atoms with van der Waals surface area (Å²) in [4.78, 5) is 0.162.